The summed E-state index contributed by atoms with van der Waals surface area (Å²) < 4.78 is 0. The molecular formula is C65H45N7. The molecule has 0 N–H and O–H groups in total. The van der Waals surface area contributed by atoms with E-state index in [2.05, 4.69) is 198 Å². The molecule has 340 valence electrons. The zero-order valence-electron chi connectivity index (χ0n) is 39.1. The van der Waals surface area contributed by atoms with Gasteiger partial charge in [0, 0.05) is 68.7 Å². The van der Waals surface area contributed by atoms with Gasteiger partial charge in [0.2, 0.25) is 0 Å². The van der Waals surface area contributed by atoms with Crippen molar-refractivity contribution in [1.29, 1.82) is 0 Å². The molecule has 5 heterocycles. The average molecular weight is 924 g/mol. The van der Waals surface area contributed by atoms with Gasteiger partial charge in [-0.1, -0.05) is 176 Å². The average Bonchev–Trinajstić information content (AvgIpc) is 3.47. The number of anilines is 6. The van der Waals surface area contributed by atoms with Crippen molar-refractivity contribution in [3.63, 3.8) is 0 Å². The van der Waals surface area contributed by atoms with Crippen LogP contribution in [0, 0.1) is 0 Å². The molecule has 13 aromatic rings. The Kier molecular flexibility index (Phi) is 11.8. The SMILES string of the molecule is c1ccc(-c2c3ccccc3c(N(c3ccccn3)c3ccccn3)c3ccccc23)nc1.c1ccc(-c2cccc(N(c3ccccc3)c3c4ccccc4c(-c4ccccn4)c4ccccc34)n2)cc1. The van der Waals surface area contributed by atoms with E-state index in [0.717, 1.165) is 111 Å². The smallest absolute Gasteiger partial charge is 0.138 e. The van der Waals surface area contributed by atoms with Gasteiger partial charge in [0.1, 0.15) is 17.5 Å². The molecule has 7 heteroatoms. The maximum Gasteiger partial charge on any atom is 0.138 e. The lowest BCUT2D eigenvalue weighted by atomic mass is 9.92. The summed E-state index contributed by atoms with van der Waals surface area (Å²) in [5.41, 5.74) is 9.43. The molecule has 72 heavy (non-hydrogen) atoms. The number of para-hydroxylation sites is 1. The van der Waals surface area contributed by atoms with Gasteiger partial charge in [-0.3, -0.25) is 19.8 Å². The molecule has 13 rings (SSSR count). The van der Waals surface area contributed by atoms with E-state index in [9.17, 15) is 0 Å². The summed E-state index contributed by atoms with van der Waals surface area (Å²) in [5.74, 6) is 2.50. The largest absolute Gasteiger partial charge is 0.294 e. The molecule has 0 aliphatic carbocycles. The third-order valence-electron chi connectivity index (χ3n) is 12.9. The molecular weight excluding hydrogens is 879 g/mol. The summed E-state index contributed by atoms with van der Waals surface area (Å²) in [7, 11) is 0. The second-order valence-electron chi connectivity index (χ2n) is 17.2. The van der Waals surface area contributed by atoms with Crippen LogP contribution in [-0.2, 0) is 0 Å². The number of fused-ring (bicyclic) bond motifs is 4. The summed E-state index contributed by atoms with van der Waals surface area (Å²) >= 11 is 0. The van der Waals surface area contributed by atoms with E-state index >= 15 is 0 Å². The molecule has 8 aromatic carbocycles. The van der Waals surface area contributed by atoms with Crippen molar-refractivity contribution in [2.75, 3.05) is 9.80 Å². The number of benzene rings is 8. The number of hydrogen-bond donors (Lipinski definition) is 0. The topological polar surface area (TPSA) is 70.9 Å². The minimum absolute atomic E-state index is 0.817. The number of aromatic nitrogens is 5. The lowest BCUT2D eigenvalue weighted by molar-refractivity contribution is 1.14. The normalized spacial score (nSPS) is 11.1. The quantitative estimate of drug-likeness (QED) is 0.134. The van der Waals surface area contributed by atoms with Gasteiger partial charge in [-0.15, -0.1) is 0 Å². The van der Waals surface area contributed by atoms with E-state index in [1.54, 1.807) is 0 Å². The van der Waals surface area contributed by atoms with Gasteiger partial charge in [0.05, 0.1) is 28.5 Å². The van der Waals surface area contributed by atoms with E-state index in [0.29, 0.717) is 0 Å². The third-order valence-corrected chi connectivity index (χ3v) is 12.9. The van der Waals surface area contributed by atoms with Crippen LogP contribution in [0.5, 0.6) is 0 Å². The summed E-state index contributed by atoms with van der Waals surface area (Å²) in [5, 5.41) is 9.13. The second-order valence-corrected chi connectivity index (χ2v) is 17.2. The van der Waals surface area contributed by atoms with Crippen LogP contribution >= 0.6 is 0 Å². The monoisotopic (exact) mass is 923 g/mol. The fourth-order valence-electron chi connectivity index (χ4n) is 9.85. The highest BCUT2D eigenvalue weighted by Gasteiger charge is 2.25. The van der Waals surface area contributed by atoms with Crippen LogP contribution in [0.2, 0.25) is 0 Å². The van der Waals surface area contributed by atoms with Crippen molar-refractivity contribution in [1.82, 2.24) is 24.9 Å². The Labute approximate surface area is 417 Å². The predicted molar refractivity (Wildman–Crippen MR) is 298 cm³/mol. The van der Waals surface area contributed by atoms with E-state index in [1.165, 1.54) is 0 Å². The Morgan fingerprint density at radius 3 is 1.00 bits per heavy atom. The van der Waals surface area contributed by atoms with Crippen LogP contribution < -0.4 is 9.80 Å². The summed E-state index contributed by atoms with van der Waals surface area (Å²) in [6.45, 7) is 0. The predicted octanol–water partition coefficient (Wildman–Crippen LogP) is 16.9. The van der Waals surface area contributed by atoms with E-state index in [-0.39, 0.29) is 0 Å². The molecule has 0 amide bonds. The molecule has 0 bridgehead atoms. The molecule has 0 fully saturated rings. The maximum atomic E-state index is 5.20. The van der Waals surface area contributed by atoms with Gasteiger partial charge in [-0.05, 0) is 94.3 Å². The highest BCUT2D eigenvalue weighted by Crippen LogP contribution is 2.49. The van der Waals surface area contributed by atoms with Crippen molar-refractivity contribution >= 4 is 77.6 Å². The van der Waals surface area contributed by atoms with Gasteiger partial charge in [0.25, 0.3) is 0 Å². The first-order valence-corrected chi connectivity index (χ1v) is 24.0. The fourth-order valence-corrected chi connectivity index (χ4v) is 9.85. The molecule has 0 radical (unpaired) electrons. The fraction of sp³-hybridized carbons (Fsp3) is 0. The number of rotatable bonds is 9. The molecule has 0 aliphatic rings. The molecule has 0 saturated carbocycles. The molecule has 7 nitrogen and oxygen atoms in total. The van der Waals surface area contributed by atoms with Crippen molar-refractivity contribution in [3.8, 4) is 33.8 Å². The Bertz CT molecular complexity index is 3820. The lowest BCUT2D eigenvalue weighted by Gasteiger charge is -2.28. The second kappa shape index (κ2) is 19.6. The van der Waals surface area contributed by atoms with Gasteiger partial charge < -0.3 is 0 Å². The summed E-state index contributed by atoms with van der Waals surface area (Å²) in [6, 6.07) is 85.4. The van der Waals surface area contributed by atoms with Crippen LogP contribution in [-0.4, -0.2) is 24.9 Å². The number of hydrogen-bond acceptors (Lipinski definition) is 7. The molecule has 0 spiro atoms. The van der Waals surface area contributed by atoms with Gasteiger partial charge >= 0.3 is 0 Å². The van der Waals surface area contributed by atoms with Gasteiger partial charge in [-0.25, -0.2) is 15.0 Å². The highest BCUT2D eigenvalue weighted by atomic mass is 15.2. The van der Waals surface area contributed by atoms with Crippen LogP contribution in [0.25, 0.3) is 76.9 Å². The molecule has 0 aliphatic heterocycles. The lowest BCUT2D eigenvalue weighted by Crippen LogP contribution is -2.14. The minimum Gasteiger partial charge on any atom is -0.294 e. The minimum atomic E-state index is 0.817. The number of nitrogens with zero attached hydrogens (tertiary/aromatic N) is 7. The highest BCUT2D eigenvalue weighted by molar-refractivity contribution is 6.23. The summed E-state index contributed by atoms with van der Waals surface area (Å²) in [6.07, 6.45) is 7.35. The third kappa shape index (κ3) is 8.21. The zero-order valence-corrected chi connectivity index (χ0v) is 39.1. The van der Waals surface area contributed by atoms with Crippen LogP contribution in [0.4, 0.5) is 34.5 Å². The van der Waals surface area contributed by atoms with Crippen molar-refractivity contribution in [2.24, 2.45) is 0 Å². The molecule has 0 atom stereocenters. The first kappa shape index (κ1) is 43.4. The van der Waals surface area contributed by atoms with E-state index in [1.807, 2.05) is 85.5 Å². The Hall–Kier alpha value is -9.85. The van der Waals surface area contributed by atoms with Crippen molar-refractivity contribution in [3.05, 3.63) is 274 Å². The Balaban J connectivity index is 0.000000149. The molecule has 0 unspecified atom stereocenters. The summed E-state index contributed by atoms with van der Waals surface area (Å²) in [4.78, 5) is 28.5. The van der Waals surface area contributed by atoms with Crippen LogP contribution in [0.3, 0.4) is 0 Å². The standard InChI is InChI=1S/C36H25N3.C29H20N4/c1-3-14-26(15-4-1)32-23-13-24-34(38-32)39(27-16-5-2-6-17-27)36-30-20-9-7-18-28(30)35(33-22-11-12-25-37-33)29-19-8-10-21-31(29)36;1-3-13-23-21(11-1)28(25-15-5-8-18-30-25)22-12-2-4-14-24(22)29(23)33(26-16-6-9-19-31-26)27-17-7-10-20-32-27/h1-25H;1-20H. The Morgan fingerprint density at radius 2 is 0.583 bits per heavy atom. The Morgan fingerprint density at radius 1 is 0.236 bits per heavy atom. The first-order chi connectivity index (χ1) is 35.8. The van der Waals surface area contributed by atoms with Crippen LogP contribution in [0.15, 0.2) is 274 Å². The van der Waals surface area contributed by atoms with Crippen molar-refractivity contribution < 1.29 is 0 Å². The zero-order chi connectivity index (χ0) is 48.1. The van der Waals surface area contributed by atoms with Gasteiger partial charge in [0.15, 0.2) is 0 Å². The van der Waals surface area contributed by atoms with E-state index < -0.39 is 0 Å². The molecule has 0 saturated heterocycles. The van der Waals surface area contributed by atoms with Crippen molar-refractivity contribution in [2.45, 2.75) is 0 Å². The van der Waals surface area contributed by atoms with E-state index in [4.69, 9.17) is 24.9 Å². The van der Waals surface area contributed by atoms with Gasteiger partial charge in [-0.2, -0.15) is 0 Å². The maximum absolute atomic E-state index is 5.20. The number of pyridine rings is 5. The van der Waals surface area contributed by atoms with Crippen LogP contribution in [0.1, 0.15) is 0 Å². The molecule has 5 aromatic heterocycles. The first-order valence-electron chi connectivity index (χ1n) is 24.0.